The van der Waals surface area contributed by atoms with Crippen LogP contribution in [-0.4, -0.2) is 18.1 Å². The Hall–Kier alpha value is -1.30. The Kier molecular flexibility index (Phi) is 4.12. The monoisotopic (exact) mass is 338 g/mol. The fourth-order valence-corrected chi connectivity index (χ4v) is 1.66. The highest BCUT2D eigenvalue weighted by atomic mass is 127. The average Bonchev–Trinajstić information content (AvgIpc) is 2.27. The first kappa shape index (κ1) is 12.8. The van der Waals surface area contributed by atoms with Gasteiger partial charge >= 0.3 is 5.97 Å². The van der Waals surface area contributed by atoms with Crippen LogP contribution in [0.2, 0.25) is 0 Å². The molecule has 0 atom stereocenters. The molecule has 0 bridgehead atoms. The van der Waals surface area contributed by atoms with E-state index in [1.807, 2.05) is 0 Å². The third kappa shape index (κ3) is 2.44. The average molecular weight is 338 g/mol. The van der Waals surface area contributed by atoms with E-state index in [1.54, 1.807) is 28.7 Å². The van der Waals surface area contributed by atoms with Crippen molar-refractivity contribution in [2.24, 2.45) is 0 Å². The molecular formula is C9H5F2IN2O2. The first-order chi connectivity index (χ1) is 7.51. The minimum Gasteiger partial charge on any atom is -0.464 e. The second-order valence-corrected chi connectivity index (χ2v) is 3.82. The number of hydrogen-bond acceptors (Lipinski definition) is 4. The molecule has 1 heterocycles. The minimum atomic E-state index is -2.80. The van der Waals surface area contributed by atoms with Gasteiger partial charge in [0.1, 0.15) is 11.8 Å². The summed E-state index contributed by atoms with van der Waals surface area (Å²) < 4.78 is 29.5. The predicted octanol–water partition coefficient (Wildman–Crippen LogP) is 2.28. The number of methoxy groups -OCH3 is 1. The van der Waals surface area contributed by atoms with Crippen molar-refractivity contribution in [3.63, 3.8) is 0 Å². The molecule has 0 saturated carbocycles. The minimum absolute atomic E-state index is 0.0827. The molecule has 0 aliphatic rings. The molecule has 0 aliphatic carbocycles. The first-order valence-corrected chi connectivity index (χ1v) is 5.06. The fraction of sp³-hybridized carbons (Fsp3) is 0.222. The molecule has 0 saturated heterocycles. The van der Waals surface area contributed by atoms with Crippen molar-refractivity contribution in [1.82, 2.24) is 4.98 Å². The summed E-state index contributed by atoms with van der Waals surface area (Å²) in [6.07, 6.45) is -2.80. The van der Waals surface area contributed by atoms with E-state index in [9.17, 15) is 13.6 Å². The molecule has 0 spiro atoms. The molecule has 4 nitrogen and oxygen atoms in total. The van der Waals surface area contributed by atoms with Crippen LogP contribution in [-0.2, 0) is 4.74 Å². The van der Waals surface area contributed by atoms with Gasteiger partial charge in [-0.1, -0.05) is 0 Å². The molecule has 0 unspecified atom stereocenters. The number of ether oxygens (including phenoxy) is 1. The molecule has 1 rings (SSSR count). The summed E-state index contributed by atoms with van der Waals surface area (Å²) >= 11 is 1.63. The van der Waals surface area contributed by atoms with Crippen molar-refractivity contribution in [3.05, 3.63) is 26.6 Å². The summed E-state index contributed by atoms with van der Waals surface area (Å²) in [7, 11) is 1.09. The quantitative estimate of drug-likeness (QED) is 0.613. The lowest BCUT2D eigenvalue weighted by Gasteiger charge is -2.06. The Balaban J connectivity index is 3.42. The second-order valence-electron chi connectivity index (χ2n) is 2.66. The number of halogens is 3. The van der Waals surface area contributed by atoms with Crippen molar-refractivity contribution in [2.45, 2.75) is 6.43 Å². The second kappa shape index (κ2) is 5.16. The predicted molar refractivity (Wildman–Crippen MR) is 58.0 cm³/mol. The third-order valence-electron chi connectivity index (χ3n) is 1.71. The molecule has 1 aromatic heterocycles. The Labute approximate surface area is 103 Å². The number of carbonyl (C=O) groups is 1. The van der Waals surface area contributed by atoms with Crippen LogP contribution in [0.25, 0.3) is 0 Å². The van der Waals surface area contributed by atoms with E-state index >= 15 is 0 Å². The van der Waals surface area contributed by atoms with Gasteiger partial charge in [0.15, 0.2) is 5.69 Å². The van der Waals surface area contributed by atoms with Crippen molar-refractivity contribution < 1.29 is 18.3 Å². The van der Waals surface area contributed by atoms with Crippen LogP contribution in [0.1, 0.15) is 28.2 Å². The molecule has 0 aliphatic heterocycles. The van der Waals surface area contributed by atoms with Crippen LogP contribution in [0.3, 0.4) is 0 Å². The molecular weight excluding hydrogens is 333 g/mol. The van der Waals surface area contributed by atoms with Gasteiger partial charge in [-0.2, -0.15) is 5.26 Å². The van der Waals surface area contributed by atoms with Gasteiger partial charge in [0.25, 0.3) is 6.43 Å². The summed E-state index contributed by atoms with van der Waals surface area (Å²) in [5.74, 6) is -0.908. The van der Waals surface area contributed by atoms with Gasteiger partial charge in [-0.25, -0.2) is 18.6 Å². The molecule has 7 heteroatoms. The Bertz CT molecular complexity index is 471. The fourth-order valence-electron chi connectivity index (χ4n) is 0.994. The van der Waals surface area contributed by atoms with Crippen LogP contribution in [0.4, 0.5) is 8.78 Å². The van der Waals surface area contributed by atoms with Crippen LogP contribution < -0.4 is 0 Å². The largest absolute Gasteiger partial charge is 0.464 e. The summed E-state index contributed by atoms with van der Waals surface area (Å²) in [6.45, 7) is 0. The van der Waals surface area contributed by atoms with Gasteiger partial charge < -0.3 is 4.74 Å². The summed E-state index contributed by atoms with van der Waals surface area (Å²) in [5.41, 5.74) is -0.999. The maximum Gasteiger partial charge on any atom is 0.358 e. The zero-order valence-corrected chi connectivity index (χ0v) is 10.2. The Morgan fingerprint density at radius 2 is 2.31 bits per heavy atom. The third-order valence-corrected chi connectivity index (χ3v) is 2.57. The summed E-state index contributed by atoms with van der Waals surface area (Å²) in [5, 5.41) is 8.73. The van der Waals surface area contributed by atoms with Crippen LogP contribution in [0, 0.1) is 14.9 Å². The number of alkyl halides is 2. The van der Waals surface area contributed by atoms with E-state index in [2.05, 4.69) is 9.72 Å². The number of hydrogen-bond donors (Lipinski definition) is 0. The maximum absolute atomic E-state index is 12.5. The molecule has 84 valence electrons. The first-order valence-electron chi connectivity index (χ1n) is 3.98. The SMILES string of the molecule is COC(=O)c1nc(C(F)F)c(I)cc1C#N. The maximum atomic E-state index is 12.5. The number of nitrogens with zero attached hydrogens (tertiary/aromatic N) is 2. The summed E-state index contributed by atoms with van der Waals surface area (Å²) in [6, 6.07) is 2.89. The molecule has 0 radical (unpaired) electrons. The normalized spacial score (nSPS) is 10.0. The lowest BCUT2D eigenvalue weighted by molar-refractivity contribution is 0.0592. The van der Waals surface area contributed by atoms with E-state index < -0.39 is 18.1 Å². The van der Waals surface area contributed by atoms with Gasteiger partial charge in [-0.15, -0.1) is 0 Å². The van der Waals surface area contributed by atoms with E-state index in [-0.39, 0.29) is 14.8 Å². The van der Waals surface area contributed by atoms with Crippen molar-refractivity contribution in [2.75, 3.05) is 7.11 Å². The van der Waals surface area contributed by atoms with Crippen LogP contribution >= 0.6 is 22.6 Å². The molecule has 0 N–H and O–H groups in total. The highest BCUT2D eigenvalue weighted by Crippen LogP contribution is 2.24. The van der Waals surface area contributed by atoms with E-state index in [4.69, 9.17) is 5.26 Å². The molecule has 16 heavy (non-hydrogen) atoms. The van der Waals surface area contributed by atoms with Crippen molar-refractivity contribution >= 4 is 28.6 Å². The molecule has 0 aromatic carbocycles. The number of nitriles is 1. The highest BCUT2D eigenvalue weighted by molar-refractivity contribution is 14.1. The van der Waals surface area contributed by atoms with Gasteiger partial charge in [-0.3, -0.25) is 0 Å². The van der Waals surface area contributed by atoms with E-state index in [0.29, 0.717) is 0 Å². The Morgan fingerprint density at radius 3 is 2.75 bits per heavy atom. The van der Waals surface area contributed by atoms with Gasteiger partial charge in [0.05, 0.1) is 12.7 Å². The Morgan fingerprint density at radius 1 is 1.69 bits per heavy atom. The lowest BCUT2D eigenvalue weighted by atomic mass is 10.2. The van der Waals surface area contributed by atoms with Gasteiger partial charge in [-0.05, 0) is 28.7 Å². The van der Waals surface area contributed by atoms with Gasteiger partial charge in [0.2, 0.25) is 0 Å². The number of rotatable bonds is 2. The topological polar surface area (TPSA) is 63.0 Å². The van der Waals surface area contributed by atoms with Crippen LogP contribution in [0.5, 0.6) is 0 Å². The van der Waals surface area contributed by atoms with Crippen LogP contribution in [0.15, 0.2) is 6.07 Å². The van der Waals surface area contributed by atoms with E-state index in [1.165, 1.54) is 6.07 Å². The molecule has 0 amide bonds. The van der Waals surface area contributed by atoms with Crippen molar-refractivity contribution in [1.29, 1.82) is 5.26 Å². The number of aromatic nitrogens is 1. The van der Waals surface area contributed by atoms with Crippen molar-refractivity contribution in [3.8, 4) is 6.07 Å². The number of esters is 1. The zero-order chi connectivity index (χ0) is 12.3. The highest BCUT2D eigenvalue weighted by Gasteiger charge is 2.21. The standard InChI is InChI=1S/C9H5F2IN2O2/c1-16-9(15)6-4(3-13)2-5(12)7(14-6)8(10)11/h2,8H,1H3. The zero-order valence-electron chi connectivity index (χ0n) is 8.00. The molecule has 0 fully saturated rings. The number of pyridine rings is 1. The van der Waals surface area contributed by atoms with E-state index in [0.717, 1.165) is 7.11 Å². The van der Waals surface area contributed by atoms with Gasteiger partial charge in [0, 0.05) is 3.57 Å². The summed E-state index contributed by atoms with van der Waals surface area (Å²) in [4.78, 5) is 14.7. The smallest absolute Gasteiger partial charge is 0.358 e. The lowest BCUT2D eigenvalue weighted by Crippen LogP contribution is -2.10. The number of carbonyl (C=O) groups excluding carboxylic acids is 1. The molecule has 1 aromatic rings.